The van der Waals surface area contributed by atoms with Crippen molar-refractivity contribution < 1.29 is 0 Å². The minimum Gasteiger partial charge on any atom is -0.246 e. The predicted molar refractivity (Wildman–Crippen MR) is 47.8 cm³/mol. The third-order valence-electron chi connectivity index (χ3n) is 1.46. The molecule has 1 heterocycles. The maximum absolute atomic E-state index is 4.29. The minimum absolute atomic E-state index is 0.153. The molecule has 1 unspecified atom stereocenters. The molecular formula is C7H13N3S. The van der Waals surface area contributed by atoms with Crippen LogP contribution >= 0.6 is 12.6 Å². The van der Waals surface area contributed by atoms with Gasteiger partial charge in [0.25, 0.3) is 0 Å². The van der Waals surface area contributed by atoms with Crippen molar-refractivity contribution in [2.45, 2.75) is 32.1 Å². The number of nitrogens with zero attached hydrogens (tertiary/aromatic N) is 3. The van der Waals surface area contributed by atoms with Gasteiger partial charge in [-0.3, -0.25) is 0 Å². The highest BCUT2D eigenvalue weighted by Gasteiger charge is 2.10. The fourth-order valence-electron chi connectivity index (χ4n) is 0.956. The summed E-state index contributed by atoms with van der Waals surface area (Å²) in [5, 5.41) is 4.25. The van der Waals surface area contributed by atoms with E-state index in [1.807, 2.05) is 11.6 Å². The standard InChI is InChI=1S/C7H13N3S/c1-5(2)10-7(6(3)11)8-4-9-10/h4-6,11H,1-3H3. The second kappa shape index (κ2) is 3.26. The first-order valence-corrected chi connectivity index (χ1v) is 4.22. The van der Waals surface area contributed by atoms with Crippen LogP contribution in [0.1, 0.15) is 37.9 Å². The Morgan fingerprint density at radius 3 is 2.45 bits per heavy atom. The molecule has 62 valence electrons. The molecule has 4 heteroatoms. The second-order valence-corrected chi connectivity index (χ2v) is 3.61. The Morgan fingerprint density at radius 2 is 2.09 bits per heavy atom. The van der Waals surface area contributed by atoms with Crippen LogP contribution in [0.4, 0.5) is 0 Å². The molecule has 3 nitrogen and oxygen atoms in total. The van der Waals surface area contributed by atoms with Gasteiger partial charge in [-0.15, -0.1) is 0 Å². The predicted octanol–water partition coefficient (Wildman–Crippen LogP) is 1.85. The van der Waals surface area contributed by atoms with Gasteiger partial charge in [-0.25, -0.2) is 9.67 Å². The van der Waals surface area contributed by atoms with Crippen molar-refractivity contribution >= 4 is 12.6 Å². The smallest absolute Gasteiger partial charge is 0.139 e. The third-order valence-corrected chi connectivity index (χ3v) is 1.69. The Bertz CT molecular complexity index is 207. The van der Waals surface area contributed by atoms with E-state index < -0.39 is 0 Å². The summed E-state index contributed by atoms with van der Waals surface area (Å²) in [7, 11) is 0. The zero-order chi connectivity index (χ0) is 8.43. The van der Waals surface area contributed by atoms with Crippen molar-refractivity contribution in [2.24, 2.45) is 0 Å². The normalized spacial score (nSPS) is 13.9. The average Bonchev–Trinajstić information content (AvgIpc) is 2.32. The summed E-state index contributed by atoms with van der Waals surface area (Å²) >= 11 is 4.29. The van der Waals surface area contributed by atoms with Gasteiger partial charge in [-0.2, -0.15) is 17.7 Å². The summed E-state index contributed by atoms with van der Waals surface area (Å²) in [5.74, 6) is 0.934. The van der Waals surface area contributed by atoms with Gasteiger partial charge < -0.3 is 0 Å². The largest absolute Gasteiger partial charge is 0.246 e. The highest BCUT2D eigenvalue weighted by molar-refractivity contribution is 7.80. The van der Waals surface area contributed by atoms with E-state index in [9.17, 15) is 0 Å². The van der Waals surface area contributed by atoms with Crippen LogP contribution in [0.5, 0.6) is 0 Å². The molecule has 1 aromatic rings. The first-order valence-electron chi connectivity index (χ1n) is 3.70. The van der Waals surface area contributed by atoms with Crippen molar-refractivity contribution in [1.82, 2.24) is 14.8 Å². The van der Waals surface area contributed by atoms with Crippen LogP contribution in [0, 0.1) is 0 Å². The summed E-state index contributed by atoms with van der Waals surface area (Å²) in [6.45, 7) is 6.15. The zero-order valence-electron chi connectivity index (χ0n) is 7.02. The second-order valence-electron chi connectivity index (χ2n) is 2.83. The summed E-state index contributed by atoms with van der Waals surface area (Å²) in [6.07, 6.45) is 1.57. The van der Waals surface area contributed by atoms with Crippen LogP contribution in [0.15, 0.2) is 6.33 Å². The van der Waals surface area contributed by atoms with Gasteiger partial charge >= 0.3 is 0 Å². The molecule has 0 spiro atoms. The lowest BCUT2D eigenvalue weighted by Gasteiger charge is -2.10. The van der Waals surface area contributed by atoms with Crippen molar-refractivity contribution in [3.63, 3.8) is 0 Å². The highest BCUT2D eigenvalue weighted by Crippen LogP contribution is 2.18. The van der Waals surface area contributed by atoms with E-state index in [4.69, 9.17) is 0 Å². The maximum atomic E-state index is 4.29. The van der Waals surface area contributed by atoms with Gasteiger partial charge in [-0.05, 0) is 20.8 Å². The summed E-state index contributed by atoms with van der Waals surface area (Å²) in [6, 6.07) is 0.363. The number of thiol groups is 1. The summed E-state index contributed by atoms with van der Waals surface area (Å²) < 4.78 is 1.89. The van der Waals surface area contributed by atoms with Crippen molar-refractivity contribution in [2.75, 3.05) is 0 Å². The molecule has 0 fully saturated rings. The Balaban J connectivity index is 2.96. The molecule has 0 aliphatic rings. The van der Waals surface area contributed by atoms with Gasteiger partial charge in [0.15, 0.2) is 0 Å². The van der Waals surface area contributed by atoms with Crippen LogP contribution in [-0.2, 0) is 0 Å². The van der Waals surface area contributed by atoms with E-state index in [-0.39, 0.29) is 5.25 Å². The fraction of sp³-hybridized carbons (Fsp3) is 0.714. The molecule has 11 heavy (non-hydrogen) atoms. The summed E-state index contributed by atoms with van der Waals surface area (Å²) in [5.41, 5.74) is 0. The van der Waals surface area contributed by atoms with Gasteiger partial charge in [0.05, 0.1) is 5.25 Å². The quantitative estimate of drug-likeness (QED) is 0.688. The Morgan fingerprint density at radius 1 is 1.45 bits per heavy atom. The maximum Gasteiger partial charge on any atom is 0.139 e. The van der Waals surface area contributed by atoms with Crippen LogP contribution in [-0.4, -0.2) is 14.8 Å². The molecule has 0 saturated heterocycles. The Kier molecular flexibility index (Phi) is 2.54. The van der Waals surface area contributed by atoms with Gasteiger partial charge in [0.2, 0.25) is 0 Å². The zero-order valence-corrected chi connectivity index (χ0v) is 7.92. The van der Waals surface area contributed by atoms with Gasteiger partial charge in [0, 0.05) is 6.04 Å². The lowest BCUT2D eigenvalue weighted by molar-refractivity contribution is 0.506. The lowest BCUT2D eigenvalue weighted by atomic mass is 10.3. The minimum atomic E-state index is 0.153. The number of rotatable bonds is 2. The van der Waals surface area contributed by atoms with Crippen molar-refractivity contribution in [3.05, 3.63) is 12.2 Å². The average molecular weight is 171 g/mol. The van der Waals surface area contributed by atoms with E-state index in [1.165, 1.54) is 0 Å². The lowest BCUT2D eigenvalue weighted by Crippen LogP contribution is -2.08. The van der Waals surface area contributed by atoms with Crippen LogP contribution in [0.25, 0.3) is 0 Å². The third kappa shape index (κ3) is 1.74. The van der Waals surface area contributed by atoms with E-state index in [2.05, 4.69) is 36.6 Å². The molecule has 0 aliphatic heterocycles. The van der Waals surface area contributed by atoms with Gasteiger partial charge in [0.1, 0.15) is 12.2 Å². The highest BCUT2D eigenvalue weighted by atomic mass is 32.1. The molecule has 0 saturated carbocycles. The molecule has 1 aromatic heterocycles. The topological polar surface area (TPSA) is 30.7 Å². The molecular weight excluding hydrogens is 158 g/mol. The number of hydrogen-bond donors (Lipinski definition) is 1. The molecule has 0 amide bonds. The molecule has 0 bridgehead atoms. The van der Waals surface area contributed by atoms with Crippen molar-refractivity contribution in [1.29, 1.82) is 0 Å². The van der Waals surface area contributed by atoms with E-state index in [0.29, 0.717) is 6.04 Å². The molecule has 0 N–H and O–H groups in total. The van der Waals surface area contributed by atoms with Gasteiger partial charge in [-0.1, -0.05) is 0 Å². The van der Waals surface area contributed by atoms with Crippen LogP contribution in [0.3, 0.4) is 0 Å². The Hall–Kier alpha value is -0.510. The Labute approximate surface area is 72.2 Å². The molecule has 1 atom stereocenters. The SMILES string of the molecule is CC(S)c1ncnn1C(C)C. The first-order chi connectivity index (χ1) is 5.13. The van der Waals surface area contributed by atoms with E-state index in [0.717, 1.165) is 5.82 Å². The van der Waals surface area contributed by atoms with E-state index >= 15 is 0 Å². The number of hydrogen-bond acceptors (Lipinski definition) is 3. The monoisotopic (exact) mass is 171 g/mol. The molecule has 0 radical (unpaired) electrons. The molecule has 1 rings (SSSR count). The molecule has 0 aliphatic carbocycles. The van der Waals surface area contributed by atoms with E-state index in [1.54, 1.807) is 6.33 Å². The number of aromatic nitrogens is 3. The van der Waals surface area contributed by atoms with Crippen LogP contribution in [0.2, 0.25) is 0 Å². The van der Waals surface area contributed by atoms with Crippen molar-refractivity contribution in [3.8, 4) is 0 Å². The van der Waals surface area contributed by atoms with Crippen LogP contribution < -0.4 is 0 Å². The summed E-state index contributed by atoms with van der Waals surface area (Å²) in [4.78, 5) is 4.11. The first kappa shape index (κ1) is 8.59. The fourth-order valence-corrected chi connectivity index (χ4v) is 1.14. The molecule has 0 aromatic carbocycles.